The van der Waals surface area contributed by atoms with Crippen molar-refractivity contribution in [1.29, 1.82) is 0 Å². The van der Waals surface area contributed by atoms with Crippen LogP contribution in [-0.2, 0) is 0 Å². The van der Waals surface area contributed by atoms with Gasteiger partial charge in [0, 0.05) is 24.2 Å². The Hall–Kier alpha value is -1.42. The maximum atomic E-state index is 12.1. The number of rotatable bonds is 6. The van der Waals surface area contributed by atoms with Gasteiger partial charge in [0.2, 0.25) is 0 Å². The molecule has 0 saturated heterocycles. The predicted molar refractivity (Wildman–Crippen MR) is 67.2 cm³/mol. The van der Waals surface area contributed by atoms with Gasteiger partial charge in [-0.25, -0.2) is 0 Å². The molecular formula is C13H20N2O2. The first-order valence-corrected chi connectivity index (χ1v) is 5.94. The quantitative estimate of drug-likeness (QED) is 0.767. The Morgan fingerprint density at radius 2 is 2.18 bits per heavy atom. The Kier molecular flexibility index (Phi) is 5.10. The van der Waals surface area contributed by atoms with Gasteiger partial charge in [0.15, 0.2) is 5.78 Å². The summed E-state index contributed by atoms with van der Waals surface area (Å²) >= 11 is 0. The zero-order chi connectivity index (χ0) is 12.8. The molecule has 17 heavy (non-hydrogen) atoms. The van der Waals surface area contributed by atoms with E-state index in [4.69, 9.17) is 10.5 Å². The second kappa shape index (κ2) is 6.35. The number of aromatic nitrogens is 1. The maximum absolute atomic E-state index is 12.1. The molecule has 0 saturated carbocycles. The molecule has 0 radical (unpaired) electrons. The van der Waals surface area contributed by atoms with Crippen molar-refractivity contribution in [2.75, 3.05) is 6.54 Å². The summed E-state index contributed by atoms with van der Waals surface area (Å²) in [6.45, 7) is 6.19. The van der Waals surface area contributed by atoms with Gasteiger partial charge in [0.25, 0.3) is 0 Å². The van der Waals surface area contributed by atoms with E-state index >= 15 is 0 Å². The van der Waals surface area contributed by atoms with Crippen LogP contribution in [0.25, 0.3) is 0 Å². The minimum Gasteiger partial charge on any atom is -0.489 e. The second-order valence-corrected chi connectivity index (χ2v) is 4.28. The van der Waals surface area contributed by atoms with E-state index in [1.807, 2.05) is 20.8 Å². The molecule has 1 heterocycles. The fourth-order valence-corrected chi connectivity index (χ4v) is 1.58. The first-order valence-electron chi connectivity index (χ1n) is 5.94. The number of ether oxygens (including phenoxy) is 1. The molecule has 0 amide bonds. The van der Waals surface area contributed by atoms with E-state index < -0.39 is 0 Å². The van der Waals surface area contributed by atoms with Crippen LogP contribution in [0.5, 0.6) is 5.75 Å². The van der Waals surface area contributed by atoms with Crippen LogP contribution in [0.1, 0.15) is 37.6 Å². The first-order chi connectivity index (χ1) is 8.08. The van der Waals surface area contributed by atoms with E-state index in [-0.39, 0.29) is 17.8 Å². The number of ketones is 1. The predicted octanol–water partition coefficient (Wildman–Crippen LogP) is 2.04. The van der Waals surface area contributed by atoms with Gasteiger partial charge in [-0.05, 0) is 26.3 Å². The minimum atomic E-state index is -0.133. The molecule has 1 aromatic heterocycles. The highest BCUT2D eigenvalue weighted by Crippen LogP contribution is 2.17. The van der Waals surface area contributed by atoms with Crippen molar-refractivity contribution in [3.05, 3.63) is 24.0 Å². The Balaban J connectivity index is 2.87. The Bertz CT molecular complexity index is 373. The van der Waals surface area contributed by atoms with Crippen molar-refractivity contribution < 1.29 is 9.53 Å². The fourth-order valence-electron chi connectivity index (χ4n) is 1.58. The van der Waals surface area contributed by atoms with Crippen LogP contribution < -0.4 is 10.5 Å². The lowest BCUT2D eigenvalue weighted by Crippen LogP contribution is -2.23. The molecule has 1 unspecified atom stereocenters. The highest BCUT2D eigenvalue weighted by Gasteiger charge is 2.17. The minimum absolute atomic E-state index is 0.0386. The van der Waals surface area contributed by atoms with Gasteiger partial charge in [-0.1, -0.05) is 6.92 Å². The highest BCUT2D eigenvalue weighted by molar-refractivity contribution is 5.98. The molecule has 1 aromatic rings. The SMILES string of the molecule is CCC(CN)C(=O)c1cncc(OC(C)C)c1. The van der Waals surface area contributed by atoms with E-state index in [2.05, 4.69) is 4.98 Å². The number of pyridine rings is 1. The van der Waals surface area contributed by atoms with Crippen LogP contribution in [0, 0.1) is 5.92 Å². The zero-order valence-corrected chi connectivity index (χ0v) is 10.6. The summed E-state index contributed by atoms with van der Waals surface area (Å²) in [4.78, 5) is 16.1. The molecule has 0 aliphatic rings. The summed E-state index contributed by atoms with van der Waals surface area (Å²) in [5, 5.41) is 0. The Morgan fingerprint density at radius 1 is 1.47 bits per heavy atom. The number of nitrogens with zero attached hydrogens (tertiary/aromatic N) is 1. The van der Waals surface area contributed by atoms with Crippen LogP contribution in [0.4, 0.5) is 0 Å². The standard InChI is InChI=1S/C13H20N2O2/c1-4-10(6-14)13(16)11-5-12(8-15-7-11)17-9(2)3/h5,7-10H,4,6,14H2,1-3H3. The second-order valence-electron chi connectivity index (χ2n) is 4.28. The Morgan fingerprint density at radius 3 is 2.71 bits per heavy atom. The fraction of sp³-hybridized carbons (Fsp3) is 0.538. The van der Waals surface area contributed by atoms with E-state index in [9.17, 15) is 4.79 Å². The van der Waals surface area contributed by atoms with Crippen LogP contribution in [0.3, 0.4) is 0 Å². The first kappa shape index (κ1) is 13.6. The molecule has 1 rings (SSSR count). The molecule has 0 spiro atoms. The summed E-state index contributed by atoms with van der Waals surface area (Å²) in [5.74, 6) is 0.528. The van der Waals surface area contributed by atoms with Gasteiger partial charge in [-0.3, -0.25) is 9.78 Å². The van der Waals surface area contributed by atoms with Gasteiger partial charge in [-0.2, -0.15) is 0 Å². The molecule has 94 valence electrons. The third-order valence-corrected chi connectivity index (χ3v) is 2.52. The van der Waals surface area contributed by atoms with Gasteiger partial charge >= 0.3 is 0 Å². The van der Waals surface area contributed by atoms with Crippen LogP contribution in [0.15, 0.2) is 18.5 Å². The molecule has 0 aliphatic heterocycles. The van der Waals surface area contributed by atoms with Crippen molar-refractivity contribution in [2.45, 2.75) is 33.3 Å². The number of carbonyl (C=O) groups is 1. The van der Waals surface area contributed by atoms with Crippen LogP contribution in [-0.4, -0.2) is 23.4 Å². The average molecular weight is 236 g/mol. The van der Waals surface area contributed by atoms with Gasteiger partial charge < -0.3 is 10.5 Å². The van der Waals surface area contributed by atoms with Crippen LogP contribution >= 0.6 is 0 Å². The summed E-state index contributed by atoms with van der Waals surface area (Å²) in [5.41, 5.74) is 6.14. The molecule has 4 heteroatoms. The third kappa shape index (κ3) is 3.82. The Labute approximate surface area is 102 Å². The summed E-state index contributed by atoms with van der Waals surface area (Å²) in [6, 6.07) is 1.73. The third-order valence-electron chi connectivity index (χ3n) is 2.52. The van der Waals surface area contributed by atoms with Crippen molar-refractivity contribution in [3.8, 4) is 5.75 Å². The van der Waals surface area contributed by atoms with Crippen molar-refractivity contribution in [1.82, 2.24) is 4.98 Å². The van der Waals surface area contributed by atoms with Gasteiger partial charge in [0.05, 0.1) is 12.3 Å². The van der Waals surface area contributed by atoms with E-state index in [0.717, 1.165) is 6.42 Å². The zero-order valence-electron chi connectivity index (χ0n) is 10.6. The molecule has 0 fully saturated rings. The highest BCUT2D eigenvalue weighted by atomic mass is 16.5. The summed E-state index contributed by atoms with van der Waals surface area (Å²) in [7, 11) is 0. The topological polar surface area (TPSA) is 65.2 Å². The number of Topliss-reactive ketones (excluding diaryl/α,β-unsaturated/α-hetero) is 1. The molecule has 1 atom stereocenters. The van der Waals surface area contributed by atoms with E-state index in [1.165, 1.54) is 0 Å². The van der Waals surface area contributed by atoms with Crippen molar-refractivity contribution in [3.63, 3.8) is 0 Å². The summed E-state index contributed by atoms with van der Waals surface area (Å²) < 4.78 is 5.51. The maximum Gasteiger partial charge on any atom is 0.168 e. The normalized spacial score (nSPS) is 12.5. The largest absolute Gasteiger partial charge is 0.489 e. The average Bonchev–Trinajstić information content (AvgIpc) is 2.30. The molecule has 4 nitrogen and oxygen atoms in total. The summed E-state index contributed by atoms with van der Waals surface area (Å²) in [6.07, 6.45) is 3.98. The number of hydrogen-bond acceptors (Lipinski definition) is 4. The van der Waals surface area contributed by atoms with E-state index in [0.29, 0.717) is 17.9 Å². The number of nitrogens with two attached hydrogens (primary N) is 1. The lowest BCUT2D eigenvalue weighted by molar-refractivity contribution is 0.0920. The lowest BCUT2D eigenvalue weighted by Gasteiger charge is -2.13. The smallest absolute Gasteiger partial charge is 0.168 e. The van der Waals surface area contributed by atoms with Crippen LogP contribution in [0.2, 0.25) is 0 Å². The number of hydrogen-bond donors (Lipinski definition) is 1. The molecule has 0 aliphatic carbocycles. The molecule has 0 bridgehead atoms. The van der Waals surface area contributed by atoms with Gasteiger partial charge in [-0.15, -0.1) is 0 Å². The van der Waals surface area contributed by atoms with Crippen molar-refractivity contribution >= 4 is 5.78 Å². The molecule has 0 aromatic carbocycles. The lowest BCUT2D eigenvalue weighted by atomic mass is 9.96. The van der Waals surface area contributed by atoms with Crippen molar-refractivity contribution in [2.24, 2.45) is 11.7 Å². The number of carbonyl (C=O) groups excluding carboxylic acids is 1. The molecular weight excluding hydrogens is 216 g/mol. The van der Waals surface area contributed by atoms with Gasteiger partial charge in [0.1, 0.15) is 5.75 Å². The monoisotopic (exact) mass is 236 g/mol. The van der Waals surface area contributed by atoms with E-state index in [1.54, 1.807) is 18.5 Å². The molecule has 2 N–H and O–H groups in total.